The van der Waals surface area contributed by atoms with E-state index < -0.39 is 0 Å². The van der Waals surface area contributed by atoms with E-state index in [1.165, 1.54) is 18.4 Å². The van der Waals surface area contributed by atoms with E-state index in [2.05, 4.69) is 5.73 Å². The smallest absolute Gasteiger partial charge is 0.231 e. The first-order chi connectivity index (χ1) is 5.84. The van der Waals surface area contributed by atoms with Crippen molar-refractivity contribution >= 4 is 11.8 Å². The summed E-state index contributed by atoms with van der Waals surface area (Å²) in [6.07, 6.45) is 4.80. The van der Waals surface area contributed by atoms with Crippen LogP contribution in [0.2, 0.25) is 0 Å². The Morgan fingerprint density at radius 2 is 2.00 bits per heavy atom. The van der Waals surface area contributed by atoms with Crippen LogP contribution in [-0.4, -0.2) is 29.8 Å². The molecular formula is C9H10NO2. The second kappa shape index (κ2) is 4.55. The van der Waals surface area contributed by atoms with Crippen LogP contribution in [-0.2, 0) is 9.59 Å². The van der Waals surface area contributed by atoms with Gasteiger partial charge < -0.3 is 4.90 Å². The molecule has 12 heavy (non-hydrogen) atoms. The number of hydrogen-bond donors (Lipinski definition) is 0. The third-order valence-electron chi connectivity index (χ3n) is 1.79. The van der Waals surface area contributed by atoms with Gasteiger partial charge in [-0.15, -0.1) is 0 Å². The van der Waals surface area contributed by atoms with Crippen LogP contribution in [0.15, 0.2) is 11.8 Å². The predicted molar refractivity (Wildman–Crippen MR) is 43.9 cm³/mol. The fourth-order valence-electron chi connectivity index (χ4n) is 1.19. The van der Waals surface area contributed by atoms with Gasteiger partial charge in [-0.05, 0) is 24.6 Å². The summed E-state index contributed by atoms with van der Waals surface area (Å²) in [7, 11) is 0. The lowest BCUT2D eigenvalue weighted by Crippen LogP contribution is -2.27. The molecule has 0 unspecified atom stereocenters. The van der Waals surface area contributed by atoms with Crippen molar-refractivity contribution in [3.05, 3.63) is 18.2 Å². The minimum absolute atomic E-state index is 0.0461. The molecule has 3 heteroatoms. The average molecular weight is 164 g/mol. The third kappa shape index (κ3) is 2.39. The highest BCUT2D eigenvalue weighted by Gasteiger charge is 2.16. The fourth-order valence-corrected chi connectivity index (χ4v) is 1.19. The van der Waals surface area contributed by atoms with E-state index in [1.54, 1.807) is 4.90 Å². The van der Waals surface area contributed by atoms with Crippen LogP contribution in [0.5, 0.6) is 0 Å². The van der Waals surface area contributed by atoms with Gasteiger partial charge in [0, 0.05) is 13.1 Å². The van der Waals surface area contributed by atoms with E-state index in [0.717, 1.165) is 25.9 Å². The van der Waals surface area contributed by atoms with Crippen molar-refractivity contribution in [3.63, 3.8) is 0 Å². The Hall–Kier alpha value is -1.30. The highest BCUT2D eigenvalue weighted by Crippen LogP contribution is 2.08. The van der Waals surface area contributed by atoms with Crippen molar-refractivity contribution in [1.82, 2.24) is 4.90 Å². The van der Waals surface area contributed by atoms with Crippen molar-refractivity contribution in [2.75, 3.05) is 13.1 Å². The van der Waals surface area contributed by atoms with E-state index in [4.69, 9.17) is 0 Å². The van der Waals surface area contributed by atoms with E-state index in [9.17, 15) is 9.59 Å². The third-order valence-corrected chi connectivity index (χ3v) is 1.79. The van der Waals surface area contributed by atoms with Gasteiger partial charge in [0.1, 0.15) is 0 Å². The Bertz CT molecular complexity index is 241. The lowest BCUT2D eigenvalue weighted by atomic mass is 10.3. The summed E-state index contributed by atoms with van der Waals surface area (Å²) >= 11 is 0. The van der Waals surface area contributed by atoms with Crippen molar-refractivity contribution in [1.29, 1.82) is 0 Å². The zero-order valence-corrected chi connectivity index (χ0v) is 6.75. The number of likely N-dealkylation sites (tertiary alicyclic amines) is 1. The molecule has 1 fully saturated rings. The molecule has 0 aromatic rings. The predicted octanol–water partition coefficient (Wildman–Crippen LogP) is 0.356. The van der Waals surface area contributed by atoms with Crippen LogP contribution in [0.3, 0.4) is 0 Å². The summed E-state index contributed by atoms with van der Waals surface area (Å²) in [6, 6.07) is 0. The van der Waals surface area contributed by atoms with Crippen LogP contribution in [0.25, 0.3) is 0 Å². The molecule has 0 aliphatic carbocycles. The number of hydrogen-bond acceptors (Lipinski definition) is 2. The summed E-state index contributed by atoms with van der Waals surface area (Å²) in [5.41, 5.74) is 2.17. The molecule has 63 valence electrons. The van der Waals surface area contributed by atoms with Crippen molar-refractivity contribution in [2.24, 2.45) is 0 Å². The standard InChI is InChI=1S/C9H10NO2/c11-8-4-1-5-9(12)10-6-2-3-7-10/h1,5H,2-3,6-7H2. The zero-order chi connectivity index (χ0) is 8.81. The second-order valence-corrected chi connectivity index (χ2v) is 2.61. The highest BCUT2D eigenvalue weighted by molar-refractivity contribution is 5.87. The largest absolute Gasteiger partial charge is 0.342 e. The van der Waals surface area contributed by atoms with Crippen LogP contribution in [0.1, 0.15) is 12.8 Å². The van der Waals surface area contributed by atoms with Crippen molar-refractivity contribution in [2.45, 2.75) is 12.8 Å². The molecule has 1 rings (SSSR count). The van der Waals surface area contributed by atoms with Crippen LogP contribution >= 0.6 is 0 Å². The summed E-state index contributed by atoms with van der Waals surface area (Å²) < 4.78 is 0. The summed E-state index contributed by atoms with van der Waals surface area (Å²) in [5.74, 6) is 1.41. The van der Waals surface area contributed by atoms with Gasteiger partial charge in [-0.1, -0.05) is 0 Å². The van der Waals surface area contributed by atoms with Gasteiger partial charge >= 0.3 is 0 Å². The normalized spacial score (nSPS) is 15.2. The Morgan fingerprint density at radius 3 is 2.58 bits per heavy atom. The number of carbonyl (C=O) groups is 1. The maximum absolute atomic E-state index is 11.2. The van der Waals surface area contributed by atoms with Crippen LogP contribution in [0.4, 0.5) is 0 Å². The number of carbonyl (C=O) groups excluding carboxylic acids is 2. The molecule has 1 radical (unpaired) electrons. The van der Waals surface area contributed by atoms with Gasteiger partial charge in [0.05, 0.1) is 6.42 Å². The Balaban J connectivity index is 2.37. The van der Waals surface area contributed by atoms with E-state index in [0.29, 0.717) is 0 Å². The molecule has 0 N–H and O–H groups in total. The molecule has 3 nitrogen and oxygen atoms in total. The monoisotopic (exact) mass is 164 g/mol. The summed E-state index contributed by atoms with van der Waals surface area (Å²) in [4.78, 5) is 22.6. The first-order valence-corrected chi connectivity index (χ1v) is 3.92. The fraction of sp³-hybridized carbons (Fsp3) is 0.444. The topological polar surface area (TPSA) is 37.4 Å². The molecule has 0 spiro atoms. The molecular weight excluding hydrogens is 154 g/mol. The van der Waals surface area contributed by atoms with Crippen molar-refractivity contribution in [3.8, 4) is 0 Å². The lowest BCUT2D eigenvalue weighted by molar-refractivity contribution is -0.126. The first-order valence-electron chi connectivity index (χ1n) is 3.92. The molecule has 0 atom stereocenters. The minimum Gasteiger partial charge on any atom is -0.342 e. The molecule has 1 aliphatic rings. The highest BCUT2D eigenvalue weighted by atomic mass is 16.2. The lowest BCUT2D eigenvalue weighted by Gasteiger charge is -2.12. The van der Waals surface area contributed by atoms with E-state index in [1.807, 2.05) is 0 Å². The van der Waals surface area contributed by atoms with Gasteiger partial charge in [-0.2, -0.15) is 0 Å². The van der Waals surface area contributed by atoms with Gasteiger partial charge in [0.25, 0.3) is 0 Å². The molecule has 0 aromatic heterocycles. The van der Waals surface area contributed by atoms with E-state index >= 15 is 0 Å². The molecule has 1 saturated heterocycles. The Labute approximate surface area is 71.4 Å². The number of amides is 1. The maximum Gasteiger partial charge on any atom is 0.231 e. The Morgan fingerprint density at radius 1 is 1.33 bits per heavy atom. The molecule has 1 aliphatic heterocycles. The van der Waals surface area contributed by atoms with Crippen molar-refractivity contribution < 1.29 is 9.59 Å². The number of nitrogens with zero attached hydrogens (tertiary/aromatic N) is 1. The molecule has 0 aromatic carbocycles. The maximum atomic E-state index is 11.2. The molecule has 1 amide bonds. The SMILES string of the molecule is O=C=C=C[CH]C(=O)N1CCCC1. The van der Waals surface area contributed by atoms with Crippen LogP contribution < -0.4 is 0 Å². The molecule has 1 heterocycles. The summed E-state index contributed by atoms with van der Waals surface area (Å²) in [6.45, 7) is 1.65. The van der Waals surface area contributed by atoms with Gasteiger partial charge in [-0.3, -0.25) is 4.79 Å². The first kappa shape index (κ1) is 8.79. The molecule has 0 bridgehead atoms. The zero-order valence-electron chi connectivity index (χ0n) is 6.75. The van der Waals surface area contributed by atoms with Gasteiger partial charge in [-0.25, -0.2) is 4.79 Å². The molecule has 0 saturated carbocycles. The summed E-state index contributed by atoms with van der Waals surface area (Å²) in [5, 5.41) is 0. The Kier molecular flexibility index (Phi) is 3.34. The van der Waals surface area contributed by atoms with Gasteiger partial charge in [0.15, 0.2) is 5.94 Å². The quantitative estimate of drug-likeness (QED) is 0.436. The second-order valence-electron chi connectivity index (χ2n) is 2.61. The van der Waals surface area contributed by atoms with Gasteiger partial charge in [0.2, 0.25) is 5.91 Å². The van der Waals surface area contributed by atoms with E-state index in [-0.39, 0.29) is 5.91 Å². The minimum atomic E-state index is -0.0461. The number of rotatable bonds is 2. The van der Waals surface area contributed by atoms with Crippen LogP contribution in [0, 0.1) is 6.42 Å². The average Bonchev–Trinajstić information content (AvgIpc) is 2.56.